The molecule has 0 saturated carbocycles. The highest BCUT2D eigenvalue weighted by Crippen LogP contribution is 2.34. The van der Waals surface area contributed by atoms with Crippen LogP contribution < -0.4 is 16.0 Å². The average Bonchev–Trinajstić information content (AvgIpc) is 3.55. The number of fused-ring (bicyclic) bond motifs is 1. The van der Waals surface area contributed by atoms with Crippen LogP contribution in [0.1, 0.15) is 22.9 Å². The van der Waals surface area contributed by atoms with Gasteiger partial charge in [-0.1, -0.05) is 18.2 Å². The van der Waals surface area contributed by atoms with Crippen LogP contribution in [0.3, 0.4) is 0 Å². The van der Waals surface area contributed by atoms with Crippen molar-refractivity contribution in [3.05, 3.63) is 91.1 Å². The summed E-state index contributed by atoms with van der Waals surface area (Å²) in [5, 5.41) is 7.83. The van der Waals surface area contributed by atoms with E-state index in [1.165, 1.54) is 59.5 Å². The van der Waals surface area contributed by atoms with Crippen molar-refractivity contribution < 1.29 is 13.9 Å². The maximum absolute atomic E-state index is 13.5. The maximum Gasteiger partial charge on any atom is 0.332 e. The number of hydrogen-bond donors (Lipinski definition) is 0. The van der Waals surface area contributed by atoms with E-state index in [4.69, 9.17) is 4.74 Å². The van der Waals surface area contributed by atoms with Crippen LogP contribution in [0.4, 0.5) is 4.39 Å². The molecule has 1 amide bonds. The fourth-order valence-electron chi connectivity index (χ4n) is 4.18. The fourth-order valence-corrected chi connectivity index (χ4v) is 4.90. The van der Waals surface area contributed by atoms with Gasteiger partial charge in [0.15, 0.2) is 5.65 Å². The lowest BCUT2D eigenvalue weighted by molar-refractivity contribution is -0.133. The zero-order valence-corrected chi connectivity index (χ0v) is 19.7. The summed E-state index contributed by atoms with van der Waals surface area (Å²) in [4.78, 5) is 44.8. The summed E-state index contributed by atoms with van der Waals surface area (Å²) >= 11 is 1.49. The molecule has 3 aromatic heterocycles. The van der Waals surface area contributed by atoms with E-state index >= 15 is 0 Å². The molecule has 178 valence electrons. The molecular formula is C24H20FN5O4S. The molecule has 0 bridgehead atoms. The number of carbonyl (C=O) groups is 1. The Bertz CT molecular complexity index is 1570. The molecule has 1 aromatic carbocycles. The second-order valence-electron chi connectivity index (χ2n) is 7.98. The molecule has 4 heterocycles. The molecule has 0 spiro atoms. The van der Waals surface area contributed by atoms with Crippen LogP contribution in [0.25, 0.3) is 11.0 Å². The molecule has 0 N–H and O–H groups in total. The predicted octanol–water partition coefficient (Wildman–Crippen LogP) is 2.68. The van der Waals surface area contributed by atoms with Gasteiger partial charge in [-0.25, -0.2) is 23.7 Å². The highest BCUT2D eigenvalue weighted by molar-refractivity contribution is 7.12. The van der Waals surface area contributed by atoms with Gasteiger partial charge in [0.05, 0.1) is 23.7 Å². The molecule has 35 heavy (non-hydrogen) atoms. The lowest BCUT2D eigenvalue weighted by Gasteiger charge is -2.22. The van der Waals surface area contributed by atoms with Crippen LogP contribution in [0.2, 0.25) is 0 Å². The third kappa shape index (κ3) is 3.93. The summed E-state index contributed by atoms with van der Waals surface area (Å²) in [6, 6.07) is 10.7. The topological polar surface area (TPSA) is 98.8 Å². The van der Waals surface area contributed by atoms with E-state index in [2.05, 4.69) is 10.1 Å². The van der Waals surface area contributed by atoms with Crippen molar-refractivity contribution in [1.29, 1.82) is 0 Å². The van der Waals surface area contributed by atoms with Gasteiger partial charge in [-0.2, -0.15) is 5.10 Å². The Hall–Kier alpha value is -4.12. The Labute approximate surface area is 202 Å². The first-order valence-electron chi connectivity index (χ1n) is 10.7. The molecule has 5 rings (SSSR count). The standard InChI is InChI=1S/C24H20FN5O4S/c1-28-22-21(18(34-2)9-10-26-22)23(32)29(24(28)33)13-20(31)30-17(14-5-7-15(25)8-6-14)12-16(27-30)19-4-3-11-35-19/h3-11,17H,12-13H2,1-2H3/t17-/m0/s1. The largest absolute Gasteiger partial charge is 0.496 e. The van der Waals surface area contributed by atoms with Crippen LogP contribution in [-0.2, 0) is 18.4 Å². The van der Waals surface area contributed by atoms with Crippen molar-refractivity contribution in [1.82, 2.24) is 19.1 Å². The Morgan fingerprint density at radius 1 is 1.20 bits per heavy atom. The summed E-state index contributed by atoms with van der Waals surface area (Å²) in [7, 11) is 2.88. The fraction of sp³-hybridized carbons (Fsp3) is 0.208. The van der Waals surface area contributed by atoms with Crippen molar-refractivity contribution in [2.75, 3.05) is 7.11 Å². The molecule has 0 saturated heterocycles. The molecule has 11 heteroatoms. The monoisotopic (exact) mass is 493 g/mol. The first-order chi connectivity index (χ1) is 16.9. The van der Waals surface area contributed by atoms with Crippen molar-refractivity contribution >= 4 is 34.0 Å². The van der Waals surface area contributed by atoms with Gasteiger partial charge in [0.1, 0.15) is 23.5 Å². The van der Waals surface area contributed by atoms with E-state index in [0.717, 1.165) is 9.44 Å². The van der Waals surface area contributed by atoms with Crippen LogP contribution in [-0.4, -0.2) is 37.9 Å². The van der Waals surface area contributed by atoms with Gasteiger partial charge in [0.2, 0.25) is 0 Å². The number of aromatic nitrogens is 3. The number of methoxy groups -OCH3 is 1. The molecule has 0 unspecified atom stereocenters. The highest BCUT2D eigenvalue weighted by Gasteiger charge is 2.34. The number of ether oxygens (including phenoxy) is 1. The zero-order valence-electron chi connectivity index (χ0n) is 18.8. The predicted molar refractivity (Wildman–Crippen MR) is 129 cm³/mol. The minimum atomic E-state index is -0.684. The van der Waals surface area contributed by atoms with Gasteiger partial charge in [-0.15, -0.1) is 11.3 Å². The van der Waals surface area contributed by atoms with Gasteiger partial charge in [-0.05, 0) is 35.2 Å². The quantitative estimate of drug-likeness (QED) is 0.426. The van der Waals surface area contributed by atoms with Crippen LogP contribution in [0, 0.1) is 5.82 Å². The molecule has 0 aliphatic carbocycles. The minimum absolute atomic E-state index is 0.101. The lowest BCUT2D eigenvalue weighted by atomic mass is 10.0. The van der Waals surface area contributed by atoms with E-state index in [0.29, 0.717) is 17.7 Å². The smallest absolute Gasteiger partial charge is 0.332 e. The van der Waals surface area contributed by atoms with E-state index in [9.17, 15) is 18.8 Å². The van der Waals surface area contributed by atoms with E-state index in [1.54, 1.807) is 12.1 Å². The Morgan fingerprint density at radius 3 is 2.66 bits per heavy atom. The Balaban J connectivity index is 1.57. The third-order valence-electron chi connectivity index (χ3n) is 5.93. The van der Waals surface area contributed by atoms with E-state index in [1.807, 2.05) is 17.5 Å². The van der Waals surface area contributed by atoms with Gasteiger partial charge in [0, 0.05) is 19.7 Å². The minimum Gasteiger partial charge on any atom is -0.496 e. The average molecular weight is 494 g/mol. The zero-order chi connectivity index (χ0) is 24.7. The van der Waals surface area contributed by atoms with Gasteiger partial charge in [-0.3, -0.25) is 14.2 Å². The van der Waals surface area contributed by atoms with E-state index in [-0.39, 0.29) is 16.8 Å². The molecule has 1 aliphatic heterocycles. The highest BCUT2D eigenvalue weighted by atomic mass is 32.1. The number of carbonyl (C=O) groups excluding carboxylic acids is 1. The van der Waals surface area contributed by atoms with Crippen LogP contribution >= 0.6 is 11.3 Å². The van der Waals surface area contributed by atoms with Crippen molar-refractivity contribution in [3.63, 3.8) is 0 Å². The normalized spacial score (nSPS) is 15.5. The Kier molecular flexibility index (Phi) is 5.77. The second kappa shape index (κ2) is 8.91. The SMILES string of the molecule is COc1ccnc2c1c(=O)n(CC(=O)N1N=C(c3cccs3)C[C@H]1c1ccc(F)cc1)c(=O)n2C. The summed E-state index contributed by atoms with van der Waals surface area (Å²) in [6.07, 6.45) is 1.86. The second-order valence-corrected chi connectivity index (χ2v) is 8.93. The summed E-state index contributed by atoms with van der Waals surface area (Å²) in [6.45, 7) is -0.529. The number of hydrazone groups is 1. The van der Waals surface area contributed by atoms with Crippen molar-refractivity contribution in [2.24, 2.45) is 12.1 Å². The molecular weight excluding hydrogens is 473 g/mol. The Morgan fingerprint density at radius 2 is 1.97 bits per heavy atom. The number of aryl methyl sites for hydroxylation is 1. The number of thiophene rings is 1. The number of benzene rings is 1. The number of amides is 1. The summed E-state index contributed by atoms with van der Waals surface area (Å²) < 4.78 is 20.9. The maximum atomic E-state index is 13.5. The third-order valence-corrected chi connectivity index (χ3v) is 6.85. The molecule has 1 atom stereocenters. The van der Waals surface area contributed by atoms with E-state index < -0.39 is 35.6 Å². The van der Waals surface area contributed by atoms with Crippen molar-refractivity contribution in [2.45, 2.75) is 19.0 Å². The molecule has 0 radical (unpaired) electrons. The number of rotatable bonds is 5. The molecule has 9 nitrogen and oxygen atoms in total. The first-order valence-corrected chi connectivity index (χ1v) is 11.6. The van der Waals surface area contributed by atoms with Gasteiger partial charge in [0.25, 0.3) is 11.5 Å². The number of hydrogen-bond acceptors (Lipinski definition) is 7. The summed E-state index contributed by atoms with van der Waals surface area (Å²) in [5.41, 5.74) is 0.191. The van der Waals surface area contributed by atoms with Crippen molar-refractivity contribution in [3.8, 4) is 5.75 Å². The van der Waals surface area contributed by atoms with Crippen LogP contribution in [0.15, 0.2) is 68.7 Å². The van der Waals surface area contributed by atoms with Gasteiger partial charge >= 0.3 is 5.69 Å². The first kappa shape index (κ1) is 22.7. The number of halogens is 1. The van der Waals surface area contributed by atoms with Crippen LogP contribution in [0.5, 0.6) is 5.75 Å². The molecule has 4 aromatic rings. The van der Waals surface area contributed by atoms with Gasteiger partial charge < -0.3 is 4.74 Å². The number of pyridine rings is 1. The number of nitrogens with zero attached hydrogens (tertiary/aromatic N) is 5. The summed E-state index contributed by atoms with van der Waals surface area (Å²) in [5.74, 6) is -0.690. The molecule has 1 aliphatic rings. The molecule has 0 fully saturated rings. The lowest BCUT2D eigenvalue weighted by Crippen LogP contribution is -2.43.